The number of aliphatic hydroxyl groups is 1. The molecule has 1 unspecified atom stereocenters. The van der Waals surface area contributed by atoms with Crippen molar-refractivity contribution in [3.05, 3.63) is 36.5 Å². The summed E-state index contributed by atoms with van der Waals surface area (Å²) in [6, 6.07) is 0. The van der Waals surface area contributed by atoms with Crippen molar-refractivity contribution in [3.8, 4) is 0 Å². The Balaban J connectivity index is 4.39. The van der Waals surface area contributed by atoms with Crippen LogP contribution >= 0.6 is 0 Å². The van der Waals surface area contributed by atoms with E-state index in [0.717, 1.165) is 30.4 Å². The second-order valence-corrected chi connectivity index (χ2v) is 3.16. The van der Waals surface area contributed by atoms with Crippen LogP contribution in [0, 0.1) is 0 Å². The highest BCUT2D eigenvalue weighted by Gasteiger charge is 2.05. The van der Waals surface area contributed by atoms with Gasteiger partial charge in [-0.15, -0.1) is 0 Å². The highest BCUT2D eigenvalue weighted by molar-refractivity contribution is 5.29. The zero-order valence-corrected chi connectivity index (χ0v) is 8.71. The molecule has 1 atom stereocenters. The Kier molecular flexibility index (Phi) is 6.25. The molecule has 1 nitrogen and oxygen atoms in total. The monoisotopic (exact) mass is 180 g/mol. The van der Waals surface area contributed by atoms with Crippen molar-refractivity contribution in [2.45, 2.75) is 39.2 Å². The van der Waals surface area contributed by atoms with Crippen molar-refractivity contribution in [1.82, 2.24) is 0 Å². The van der Waals surface area contributed by atoms with Gasteiger partial charge in [-0.3, -0.25) is 0 Å². The summed E-state index contributed by atoms with van der Waals surface area (Å²) in [6.45, 7) is 11.7. The van der Waals surface area contributed by atoms with Gasteiger partial charge in [0.25, 0.3) is 0 Å². The molecule has 0 bridgehead atoms. The molecule has 13 heavy (non-hydrogen) atoms. The summed E-state index contributed by atoms with van der Waals surface area (Å²) in [5.41, 5.74) is 1.92. The molecule has 0 saturated heterocycles. The molecule has 0 aliphatic carbocycles. The van der Waals surface area contributed by atoms with Crippen LogP contribution in [0.3, 0.4) is 0 Å². The van der Waals surface area contributed by atoms with Crippen LogP contribution in [0.4, 0.5) is 0 Å². The van der Waals surface area contributed by atoms with Gasteiger partial charge in [-0.05, 0) is 18.4 Å². The van der Waals surface area contributed by atoms with E-state index in [-0.39, 0.29) is 6.10 Å². The van der Waals surface area contributed by atoms with E-state index in [0.29, 0.717) is 0 Å². The van der Waals surface area contributed by atoms with Crippen LogP contribution in [-0.2, 0) is 0 Å². The van der Waals surface area contributed by atoms with Crippen LogP contribution in [0.2, 0.25) is 0 Å². The average Bonchev–Trinajstić information content (AvgIpc) is 2.14. The predicted octanol–water partition coefficient (Wildman–Crippen LogP) is 3.23. The van der Waals surface area contributed by atoms with Gasteiger partial charge in [-0.1, -0.05) is 51.2 Å². The fraction of sp³-hybridized carbons (Fsp3) is 0.500. The minimum Gasteiger partial charge on any atom is -0.388 e. The number of aliphatic hydroxyl groups excluding tert-OH is 1. The molecule has 0 aromatic carbocycles. The van der Waals surface area contributed by atoms with Crippen molar-refractivity contribution >= 4 is 0 Å². The Morgan fingerprint density at radius 1 is 1.46 bits per heavy atom. The zero-order chi connectivity index (χ0) is 10.3. The van der Waals surface area contributed by atoms with E-state index in [1.165, 1.54) is 0 Å². The summed E-state index contributed by atoms with van der Waals surface area (Å²) in [4.78, 5) is 0. The number of allylic oxidation sites excluding steroid dienone is 2. The molecular formula is C12H20O. The van der Waals surface area contributed by atoms with Crippen LogP contribution in [0.15, 0.2) is 36.5 Å². The molecule has 0 aromatic rings. The molecule has 0 fully saturated rings. The van der Waals surface area contributed by atoms with Crippen molar-refractivity contribution in [2.24, 2.45) is 0 Å². The maximum Gasteiger partial charge on any atom is 0.0789 e. The van der Waals surface area contributed by atoms with E-state index in [4.69, 9.17) is 0 Å². The molecule has 74 valence electrons. The van der Waals surface area contributed by atoms with Crippen LogP contribution < -0.4 is 0 Å². The third-order valence-electron chi connectivity index (χ3n) is 2.01. The van der Waals surface area contributed by atoms with E-state index in [1.807, 2.05) is 13.0 Å². The SMILES string of the molecule is C=C/C(=C\C(=C)CC)C(O)CCC. The molecule has 0 spiro atoms. The highest BCUT2D eigenvalue weighted by atomic mass is 16.3. The summed E-state index contributed by atoms with van der Waals surface area (Å²) in [5, 5.41) is 9.67. The predicted molar refractivity (Wildman–Crippen MR) is 58.6 cm³/mol. The largest absolute Gasteiger partial charge is 0.388 e. The van der Waals surface area contributed by atoms with Gasteiger partial charge in [-0.2, -0.15) is 0 Å². The summed E-state index contributed by atoms with van der Waals surface area (Å²) in [5.74, 6) is 0. The summed E-state index contributed by atoms with van der Waals surface area (Å²) in [6.07, 6.45) is 5.93. The second kappa shape index (κ2) is 6.67. The fourth-order valence-electron chi connectivity index (χ4n) is 1.07. The standard InChI is InChI=1S/C12H20O/c1-5-8-12(13)11(7-3)9-10(4)6-2/h7,9,12-13H,3-6,8H2,1-2H3/b11-9+. The van der Waals surface area contributed by atoms with Crippen molar-refractivity contribution in [3.63, 3.8) is 0 Å². The molecule has 0 aromatic heterocycles. The van der Waals surface area contributed by atoms with Gasteiger partial charge in [0.2, 0.25) is 0 Å². The number of hydrogen-bond donors (Lipinski definition) is 1. The Morgan fingerprint density at radius 2 is 2.08 bits per heavy atom. The molecule has 0 aliphatic rings. The van der Waals surface area contributed by atoms with E-state index in [1.54, 1.807) is 6.08 Å². The quantitative estimate of drug-likeness (QED) is 0.622. The molecule has 0 aliphatic heterocycles. The topological polar surface area (TPSA) is 20.2 Å². The lowest BCUT2D eigenvalue weighted by molar-refractivity contribution is 0.203. The maximum atomic E-state index is 9.67. The van der Waals surface area contributed by atoms with Crippen LogP contribution in [0.25, 0.3) is 0 Å². The molecule has 1 heteroatoms. The van der Waals surface area contributed by atoms with Crippen molar-refractivity contribution in [2.75, 3.05) is 0 Å². The summed E-state index contributed by atoms with van der Waals surface area (Å²) in [7, 11) is 0. The first-order valence-corrected chi connectivity index (χ1v) is 4.85. The Bertz CT molecular complexity index is 201. The van der Waals surface area contributed by atoms with Crippen molar-refractivity contribution < 1.29 is 5.11 Å². The Morgan fingerprint density at radius 3 is 2.46 bits per heavy atom. The fourth-order valence-corrected chi connectivity index (χ4v) is 1.07. The molecule has 0 radical (unpaired) electrons. The summed E-state index contributed by atoms with van der Waals surface area (Å²) >= 11 is 0. The lowest BCUT2D eigenvalue weighted by Gasteiger charge is -2.10. The average molecular weight is 180 g/mol. The zero-order valence-electron chi connectivity index (χ0n) is 8.71. The van der Waals surface area contributed by atoms with E-state index >= 15 is 0 Å². The Hall–Kier alpha value is -0.820. The lowest BCUT2D eigenvalue weighted by Crippen LogP contribution is -2.08. The highest BCUT2D eigenvalue weighted by Crippen LogP contribution is 2.13. The Labute approximate surface area is 81.5 Å². The van der Waals surface area contributed by atoms with Gasteiger partial charge in [0.05, 0.1) is 6.10 Å². The number of hydrogen-bond acceptors (Lipinski definition) is 1. The molecule has 0 heterocycles. The maximum absolute atomic E-state index is 9.67. The minimum atomic E-state index is -0.384. The molecule has 0 saturated carbocycles. The lowest BCUT2D eigenvalue weighted by atomic mass is 10.0. The molecule has 0 rings (SSSR count). The second-order valence-electron chi connectivity index (χ2n) is 3.16. The third kappa shape index (κ3) is 4.69. The normalized spacial score (nSPS) is 13.9. The van der Waals surface area contributed by atoms with Crippen molar-refractivity contribution in [1.29, 1.82) is 0 Å². The van der Waals surface area contributed by atoms with Gasteiger partial charge in [-0.25, -0.2) is 0 Å². The first-order chi connectivity index (χ1) is 6.15. The van der Waals surface area contributed by atoms with Gasteiger partial charge in [0, 0.05) is 0 Å². The van der Waals surface area contributed by atoms with E-state index < -0.39 is 0 Å². The van der Waals surface area contributed by atoms with Gasteiger partial charge < -0.3 is 5.11 Å². The molecular weight excluding hydrogens is 160 g/mol. The van der Waals surface area contributed by atoms with Gasteiger partial charge in [0.15, 0.2) is 0 Å². The van der Waals surface area contributed by atoms with Gasteiger partial charge >= 0.3 is 0 Å². The minimum absolute atomic E-state index is 0.384. The summed E-state index contributed by atoms with van der Waals surface area (Å²) < 4.78 is 0. The van der Waals surface area contributed by atoms with E-state index in [9.17, 15) is 5.11 Å². The molecule has 1 N–H and O–H groups in total. The first kappa shape index (κ1) is 12.2. The smallest absolute Gasteiger partial charge is 0.0789 e. The van der Waals surface area contributed by atoms with Crippen LogP contribution in [0.1, 0.15) is 33.1 Å². The van der Waals surface area contributed by atoms with Crippen LogP contribution in [-0.4, -0.2) is 11.2 Å². The molecule has 0 amide bonds. The van der Waals surface area contributed by atoms with Crippen LogP contribution in [0.5, 0.6) is 0 Å². The first-order valence-electron chi connectivity index (χ1n) is 4.85. The third-order valence-corrected chi connectivity index (χ3v) is 2.01. The number of rotatable bonds is 6. The van der Waals surface area contributed by atoms with E-state index in [2.05, 4.69) is 20.1 Å². The van der Waals surface area contributed by atoms with Gasteiger partial charge in [0.1, 0.15) is 0 Å².